The predicted octanol–water partition coefficient (Wildman–Crippen LogP) is 4.53. The van der Waals surface area contributed by atoms with Gasteiger partial charge in [-0.15, -0.1) is 0 Å². The van der Waals surface area contributed by atoms with Crippen LogP contribution in [0.2, 0.25) is 0 Å². The van der Waals surface area contributed by atoms with Gasteiger partial charge in [-0.2, -0.15) is 0 Å². The quantitative estimate of drug-likeness (QED) is 0.782. The Morgan fingerprint density at radius 1 is 0.810 bits per heavy atom. The molecule has 2 heteroatoms. The van der Waals surface area contributed by atoms with Gasteiger partial charge in [0, 0.05) is 0 Å². The molecule has 0 heterocycles. The van der Waals surface area contributed by atoms with Gasteiger partial charge in [-0.05, 0) is 81.0 Å². The Bertz CT molecular complexity index is 277. The highest BCUT2D eigenvalue weighted by molar-refractivity contribution is 4.97. The largest absolute Gasteiger partial charge is 0.393 e. The zero-order chi connectivity index (χ0) is 15.5. The normalized spacial score (nSPS) is 38.7. The first-order valence-corrected chi connectivity index (χ1v) is 9.40. The van der Waals surface area contributed by atoms with Gasteiger partial charge in [0.25, 0.3) is 0 Å². The monoisotopic (exact) mass is 296 g/mol. The molecule has 2 rings (SSSR count). The molecule has 0 saturated heterocycles. The lowest BCUT2D eigenvalue weighted by atomic mass is 9.52. The van der Waals surface area contributed by atoms with Crippen molar-refractivity contribution in [2.75, 3.05) is 0 Å². The molecule has 0 radical (unpaired) electrons. The number of hydrogen-bond donors (Lipinski definition) is 2. The van der Waals surface area contributed by atoms with Gasteiger partial charge in [-0.25, -0.2) is 0 Å². The van der Waals surface area contributed by atoms with Crippen molar-refractivity contribution in [3.05, 3.63) is 0 Å². The van der Waals surface area contributed by atoms with Crippen LogP contribution in [0.5, 0.6) is 0 Å². The fraction of sp³-hybridized carbons (Fsp3) is 1.00. The van der Waals surface area contributed by atoms with E-state index >= 15 is 0 Å². The summed E-state index contributed by atoms with van der Waals surface area (Å²) in [6.07, 6.45) is 11.2. The van der Waals surface area contributed by atoms with E-state index in [1.165, 1.54) is 38.5 Å². The number of rotatable bonds is 5. The maximum Gasteiger partial charge on any atom is 0.0540 e. The minimum Gasteiger partial charge on any atom is -0.393 e. The molecule has 2 saturated carbocycles. The molecule has 2 fully saturated rings. The zero-order valence-corrected chi connectivity index (χ0v) is 14.4. The molecular formula is C19H36O2. The predicted molar refractivity (Wildman–Crippen MR) is 88.1 cm³/mol. The Kier molecular flexibility index (Phi) is 6.14. The van der Waals surface area contributed by atoms with E-state index in [1.54, 1.807) is 0 Å². The second-order valence-corrected chi connectivity index (χ2v) is 7.79. The highest BCUT2D eigenvalue weighted by atomic mass is 16.3. The number of aliphatic hydroxyl groups excluding tert-OH is 2. The van der Waals surface area contributed by atoms with E-state index in [0.29, 0.717) is 5.41 Å². The summed E-state index contributed by atoms with van der Waals surface area (Å²) < 4.78 is 0. The lowest BCUT2D eigenvalue weighted by Gasteiger charge is -2.53. The molecule has 0 aliphatic heterocycles. The summed E-state index contributed by atoms with van der Waals surface area (Å²) in [7, 11) is 0. The van der Waals surface area contributed by atoms with Crippen LogP contribution in [0.4, 0.5) is 0 Å². The fourth-order valence-electron chi connectivity index (χ4n) is 5.67. The highest BCUT2D eigenvalue weighted by Crippen LogP contribution is 2.55. The molecule has 0 aromatic carbocycles. The second-order valence-electron chi connectivity index (χ2n) is 7.79. The Hall–Kier alpha value is -0.0800. The average molecular weight is 296 g/mol. The van der Waals surface area contributed by atoms with Gasteiger partial charge in [0.1, 0.15) is 0 Å². The van der Waals surface area contributed by atoms with E-state index in [0.717, 1.165) is 43.4 Å². The minimum atomic E-state index is -0.0547. The van der Waals surface area contributed by atoms with Crippen LogP contribution >= 0.6 is 0 Å². The van der Waals surface area contributed by atoms with Crippen LogP contribution in [-0.2, 0) is 0 Å². The zero-order valence-electron chi connectivity index (χ0n) is 14.4. The third-order valence-corrected chi connectivity index (χ3v) is 7.06. The lowest BCUT2D eigenvalue weighted by Crippen LogP contribution is -2.46. The van der Waals surface area contributed by atoms with E-state index < -0.39 is 0 Å². The molecule has 124 valence electrons. The first-order chi connectivity index (χ1) is 10.0. The van der Waals surface area contributed by atoms with E-state index in [1.807, 2.05) is 0 Å². The summed E-state index contributed by atoms with van der Waals surface area (Å²) >= 11 is 0. The molecule has 1 atom stereocenters. The molecular weight excluding hydrogens is 260 g/mol. The Balaban J connectivity index is 2.20. The maximum atomic E-state index is 9.87. The van der Waals surface area contributed by atoms with Crippen molar-refractivity contribution in [2.45, 2.75) is 97.2 Å². The summed E-state index contributed by atoms with van der Waals surface area (Å²) in [6, 6.07) is 0. The minimum absolute atomic E-state index is 0.0547. The topological polar surface area (TPSA) is 40.5 Å². The molecule has 21 heavy (non-hydrogen) atoms. The molecule has 0 aromatic heterocycles. The van der Waals surface area contributed by atoms with Crippen LogP contribution in [0.1, 0.15) is 85.0 Å². The molecule has 2 nitrogen and oxygen atoms in total. The van der Waals surface area contributed by atoms with Crippen LogP contribution < -0.4 is 0 Å². The Morgan fingerprint density at radius 2 is 1.19 bits per heavy atom. The summed E-state index contributed by atoms with van der Waals surface area (Å²) in [6.45, 7) is 7.19. The van der Waals surface area contributed by atoms with E-state index in [-0.39, 0.29) is 12.2 Å². The SMILES string of the molecule is CCC(C)C(CC)(C1CCC(O)CC1)C1CCC(O)CC1. The van der Waals surface area contributed by atoms with Gasteiger partial charge < -0.3 is 10.2 Å². The van der Waals surface area contributed by atoms with Crippen molar-refractivity contribution < 1.29 is 10.2 Å². The van der Waals surface area contributed by atoms with Gasteiger partial charge in [-0.3, -0.25) is 0 Å². The molecule has 0 amide bonds. The molecule has 0 spiro atoms. The Labute approximate surface area is 131 Å². The van der Waals surface area contributed by atoms with Crippen LogP contribution in [0, 0.1) is 23.2 Å². The number of aliphatic hydroxyl groups is 2. The van der Waals surface area contributed by atoms with Crippen molar-refractivity contribution in [1.82, 2.24) is 0 Å². The summed E-state index contributed by atoms with van der Waals surface area (Å²) in [4.78, 5) is 0. The highest BCUT2D eigenvalue weighted by Gasteiger charge is 2.48. The molecule has 1 unspecified atom stereocenters. The smallest absolute Gasteiger partial charge is 0.0540 e. The maximum absolute atomic E-state index is 9.87. The molecule has 2 aliphatic carbocycles. The van der Waals surface area contributed by atoms with Gasteiger partial charge in [0.05, 0.1) is 12.2 Å². The van der Waals surface area contributed by atoms with E-state index in [4.69, 9.17) is 0 Å². The molecule has 2 aliphatic rings. The van der Waals surface area contributed by atoms with Gasteiger partial charge in [0.2, 0.25) is 0 Å². The second kappa shape index (κ2) is 7.46. The van der Waals surface area contributed by atoms with Crippen LogP contribution in [0.25, 0.3) is 0 Å². The van der Waals surface area contributed by atoms with Gasteiger partial charge >= 0.3 is 0 Å². The third-order valence-electron chi connectivity index (χ3n) is 7.06. The summed E-state index contributed by atoms with van der Waals surface area (Å²) in [5.41, 5.74) is 0.440. The first-order valence-electron chi connectivity index (χ1n) is 9.40. The Morgan fingerprint density at radius 3 is 1.48 bits per heavy atom. The van der Waals surface area contributed by atoms with Crippen LogP contribution in [0.15, 0.2) is 0 Å². The first kappa shape index (κ1) is 17.3. The summed E-state index contributed by atoms with van der Waals surface area (Å²) in [5, 5.41) is 19.7. The average Bonchev–Trinajstić information content (AvgIpc) is 2.51. The molecule has 0 aromatic rings. The summed E-state index contributed by atoms with van der Waals surface area (Å²) in [5.74, 6) is 2.31. The van der Waals surface area contributed by atoms with Gasteiger partial charge in [-0.1, -0.05) is 27.2 Å². The van der Waals surface area contributed by atoms with Crippen molar-refractivity contribution in [3.63, 3.8) is 0 Å². The van der Waals surface area contributed by atoms with E-state index in [2.05, 4.69) is 20.8 Å². The fourth-order valence-corrected chi connectivity index (χ4v) is 5.67. The standard InChI is InChI=1S/C19H36O2/c1-4-14(3)19(5-2,15-6-10-17(20)11-7-15)16-8-12-18(21)13-9-16/h14-18,20-21H,4-13H2,1-3H3. The van der Waals surface area contributed by atoms with Crippen LogP contribution in [-0.4, -0.2) is 22.4 Å². The lowest BCUT2D eigenvalue weighted by molar-refractivity contribution is -0.0600. The van der Waals surface area contributed by atoms with Crippen LogP contribution in [0.3, 0.4) is 0 Å². The van der Waals surface area contributed by atoms with Crippen molar-refractivity contribution in [3.8, 4) is 0 Å². The number of hydrogen-bond acceptors (Lipinski definition) is 2. The molecule has 0 bridgehead atoms. The third kappa shape index (κ3) is 3.47. The van der Waals surface area contributed by atoms with Gasteiger partial charge in [0.15, 0.2) is 0 Å². The van der Waals surface area contributed by atoms with Crippen molar-refractivity contribution in [1.29, 1.82) is 0 Å². The molecule has 2 N–H and O–H groups in total. The van der Waals surface area contributed by atoms with E-state index in [9.17, 15) is 10.2 Å². The van der Waals surface area contributed by atoms with Crippen molar-refractivity contribution in [2.24, 2.45) is 23.2 Å². The van der Waals surface area contributed by atoms with Crippen molar-refractivity contribution >= 4 is 0 Å².